The Balaban J connectivity index is 0.00000265. The number of carboxylic acid groups (broad SMARTS) is 1. The number of nitrogen functional groups attached to an aromatic ring is 1. The van der Waals surface area contributed by atoms with E-state index in [0.717, 1.165) is 35.4 Å². The minimum Gasteiger partial charge on any atom is -0.872 e. The molecule has 21 heteroatoms. The number of carbonyl (C=O) groups excluding carboxylic acids is 1. The Labute approximate surface area is 408 Å². The van der Waals surface area contributed by atoms with Crippen molar-refractivity contribution in [2.75, 3.05) is 5.73 Å². The fraction of sp³-hybridized carbons (Fsp3) is 0. The topological polar surface area (TPSA) is 275 Å². The molecule has 0 aromatic heterocycles. The molecule has 0 aliphatic carbocycles. The van der Waals surface area contributed by atoms with Crippen LogP contribution < -0.4 is 105 Å². The van der Waals surface area contributed by atoms with Gasteiger partial charge in [0.25, 0.3) is 10.1 Å². The van der Waals surface area contributed by atoms with Gasteiger partial charge in [0.05, 0.1) is 49.9 Å². The van der Waals surface area contributed by atoms with E-state index in [-0.39, 0.29) is 117 Å². The standard InChI is InChI=1S/C39H27N7O9S2.3Na/c40-34-14-15-36(31-20-27(56(50,51)52)10-12-29(31)34)45-46-37-17-16-35(30-13-11-28(21-32(30)37)57(53,54)55)44-42-25-7-3-23(4-8-25)22-1-5-24(6-2-22)41-43-26-9-18-38(47)33(19-26)39(48)49;;;/h1-21,47H,40H2,(H,48,49)(H,50,51,52)(H,53,54,55);;;/q;3*+1/p-3. The van der Waals surface area contributed by atoms with Gasteiger partial charge in [-0.1, -0.05) is 48.2 Å². The average Bonchev–Trinajstić information content (AvgIpc) is 3.19. The van der Waals surface area contributed by atoms with E-state index in [2.05, 4.69) is 30.7 Å². The molecule has 0 saturated carbocycles. The minimum absolute atomic E-state index is 0. The third-order valence-electron chi connectivity index (χ3n) is 8.60. The Morgan fingerprint density at radius 3 is 1.50 bits per heavy atom. The van der Waals surface area contributed by atoms with E-state index in [9.17, 15) is 40.9 Å². The van der Waals surface area contributed by atoms with E-state index < -0.39 is 47.3 Å². The van der Waals surface area contributed by atoms with Crippen LogP contribution in [-0.4, -0.2) is 31.9 Å². The SMILES string of the molecule is Nc1ccc(N=Nc2ccc(N=Nc3ccc(-c4ccc(N=Nc5ccc([O-])c(C(=O)[O-])c5)cc4)cc3)c3ccc(S(=O)(=O)O)cc23)c2cc(S(=O)(=O)[O-])ccc12.[Na+].[Na+].[Na+]. The van der Waals surface area contributed by atoms with Gasteiger partial charge in [-0.3, -0.25) is 4.55 Å². The second-order valence-electron chi connectivity index (χ2n) is 12.3. The normalized spacial score (nSPS) is 11.8. The summed E-state index contributed by atoms with van der Waals surface area (Å²) in [6.45, 7) is 0. The van der Waals surface area contributed by atoms with Crippen molar-refractivity contribution in [1.82, 2.24) is 0 Å². The number of hydrogen-bond acceptors (Lipinski definition) is 15. The Morgan fingerprint density at radius 2 is 0.950 bits per heavy atom. The van der Waals surface area contributed by atoms with Gasteiger partial charge in [0.2, 0.25) is 0 Å². The number of rotatable bonds is 10. The monoisotopic (exact) mass is 867 g/mol. The number of carboxylic acids is 1. The summed E-state index contributed by atoms with van der Waals surface area (Å²) in [6, 6.07) is 31.4. The van der Waals surface area contributed by atoms with Gasteiger partial charge in [-0.2, -0.15) is 23.8 Å². The van der Waals surface area contributed by atoms with Crippen LogP contribution in [0.25, 0.3) is 32.7 Å². The van der Waals surface area contributed by atoms with Crippen LogP contribution in [-0.2, 0) is 20.2 Å². The van der Waals surface area contributed by atoms with E-state index in [0.29, 0.717) is 33.5 Å². The van der Waals surface area contributed by atoms with Gasteiger partial charge in [0, 0.05) is 27.2 Å². The van der Waals surface area contributed by atoms with Crippen molar-refractivity contribution in [2.24, 2.45) is 30.7 Å². The largest absolute Gasteiger partial charge is 1.00 e. The maximum atomic E-state index is 12.1. The molecule has 0 spiro atoms. The summed E-state index contributed by atoms with van der Waals surface area (Å²) in [4.78, 5) is 10.2. The number of fused-ring (bicyclic) bond motifs is 2. The van der Waals surface area contributed by atoms with Crippen LogP contribution in [0.2, 0.25) is 0 Å². The summed E-state index contributed by atoms with van der Waals surface area (Å²) in [5, 5.41) is 49.5. The second-order valence-corrected chi connectivity index (χ2v) is 15.1. The zero-order chi connectivity index (χ0) is 40.5. The van der Waals surface area contributed by atoms with Crippen molar-refractivity contribution in [1.29, 1.82) is 0 Å². The van der Waals surface area contributed by atoms with Gasteiger partial charge in [-0.05, 0) is 102 Å². The van der Waals surface area contributed by atoms with Gasteiger partial charge in [0.1, 0.15) is 10.1 Å². The van der Waals surface area contributed by atoms with Crippen molar-refractivity contribution >= 4 is 87.6 Å². The van der Waals surface area contributed by atoms with Crippen LogP contribution in [0, 0.1) is 0 Å². The van der Waals surface area contributed by atoms with Crippen LogP contribution in [0.3, 0.4) is 0 Å². The van der Waals surface area contributed by atoms with E-state index in [1.54, 1.807) is 30.3 Å². The molecule has 0 fully saturated rings. The number of nitrogens with zero attached hydrogens (tertiary/aromatic N) is 6. The number of carbonyl (C=O) groups is 1. The zero-order valence-corrected chi connectivity index (χ0v) is 39.5. The first kappa shape index (κ1) is 48.4. The molecule has 0 aliphatic rings. The average molecular weight is 868 g/mol. The predicted molar refractivity (Wildman–Crippen MR) is 205 cm³/mol. The van der Waals surface area contributed by atoms with E-state index in [1.165, 1.54) is 48.5 Å². The summed E-state index contributed by atoms with van der Waals surface area (Å²) >= 11 is 0. The van der Waals surface area contributed by atoms with Gasteiger partial charge in [-0.25, -0.2) is 8.42 Å². The van der Waals surface area contributed by atoms with Crippen molar-refractivity contribution in [2.45, 2.75) is 9.79 Å². The molecule has 0 aliphatic heterocycles. The third kappa shape index (κ3) is 11.2. The Kier molecular flexibility index (Phi) is 16.2. The quantitative estimate of drug-likeness (QED) is 0.0739. The molecule has 0 bridgehead atoms. The van der Waals surface area contributed by atoms with E-state index >= 15 is 0 Å². The summed E-state index contributed by atoms with van der Waals surface area (Å²) < 4.78 is 69.0. The van der Waals surface area contributed by atoms with Gasteiger partial charge >= 0.3 is 88.7 Å². The minimum atomic E-state index is -4.79. The van der Waals surface area contributed by atoms with Crippen molar-refractivity contribution in [3.63, 3.8) is 0 Å². The first-order chi connectivity index (χ1) is 27.1. The van der Waals surface area contributed by atoms with Gasteiger partial charge in [-0.15, -0.1) is 15.3 Å². The molecule has 7 aromatic carbocycles. The van der Waals surface area contributed by atoms with Crippen molar-refractivity contribution in [3.8, 4) is 16.9 Å². The van der Waals surface area contributed by atoms with Crippen molar-refractivity contribution in [3.05, 3.63) is 133 Å². The molecule has 0 unspecified atom stereocenters. The van der Waals surface area contributed by atoms with E-state index in [4.69, 9.17) is 5.73 Å². The molecule has 7 rings (SSSR count). The molecule has 0 heterocycles. The van der Waals surface area contributed by atoms with E-state index in [1.807, 2.05) is 24.3 Å². The van der Waals surface area contributed by atoms with Crippen LogP contribution in [0.4, 0.5) is 39.8 Å². The summed E-state index contributed by atoms with van der Waals surface area (Å²) in [7, 11) is -9.40. The second kappa shape index (κ2) is 20.1. The van der Waals surface area contributed by atoms with Crippen LogP contribution in [0.15, 0.2) is 168 Å². The third-order valence-corrected chi connectivity index (χ3v) is 10.3. The molecule has 16 nitrogen and oxygen atoms in total. The molecule has 0 amide bonds. The molecule has 284 valence electrons. The first-order valence-corrected chi connectivity index (χ1v) is 19.3. The first-order valence-electron chi connectivity index (χ1n) is 16.4. The maximum Gasteiger partial charge on any atom is 1.00 e. The fourth-order valence-corrected chi connectivity index (χ4v) is 6.73. The number of aromatic carboxylic acids is 1. The number of anilines is 1. The number of benzene rings is 7. The molecule has 0 saturated heterocycles. The summed E-state index contributed by atoms with van der Waals surface area (Å²) in [5.74, 6) is -2.28. The summed E-state index contributed by atoms with van der Waals surface area (Å²) in [6.07, 6.45) is 0. The summed E-state index contributed by atoms with van der Waals surface area (Å²) in [5.41, 5.74) is 9.41. The van der Waals surface area contributed by atoms with Crippen LogP contribution in [0.1, 0.15) is 10.4 Å². The molecule has 3 N–H and O–H groups in total. The van der Waals surface area contributed by atoms with Crippen LogP contribution in [0.5, 0.6) is 5.75 Å². The Bertz CT molecular complexity index is 3080. The zero-order valence-electron chi connectivity index (χ0n) is 31.9. The fourth-order valence-electron chi connectivity index (χ4n) is 5.72. The number of nitrogens with two attached hydrogens (primary N) is 1. The molecular weight excluding hydrogens is 844 g/mol. The number of azo groups is 3. The Hall–Kier alpha value is -4.25. The predicted octanol–water partition coefficient (Wildman–Crippen LogP) is -0.912. The van der Waals surface area contributed by atoms with Gasteiger partial charge < -0.3 is 25.3 Å². The molecule has 7 aromatic rings. The maximum absolute atomic E-state index is 12.1. The molecule has 0 atom stereocenters. The van der Waals surface area contributed by atoms with Gasteiger partial charge in [0.15, 0.2) is 0 Å². The number of hydrogen-bond donors (Lipinski definition) is 2. The molecular formula is C39H24N7Na3O9S2. The Morgan fingerprint density at radius 1 is 0.517 bits per heavy atom. The van der Waals surface area contributed by atoms with Crippen molar-refractivity contribution < 1.29 is 130 Å². The smallest absolute Gasteiger partial charge is 0.872 e. The molecule has 60 heavy (non-hydrogen) atoms. The molecule has 0 radical (unpaired) electrons. The van der Waals surface area contributed by atoms with Crippen LogP contribution >= 0.6 is 0 Å².